The van der Waals surface area contributed by atoms with E-state index in [2.05, 4.69) is 22.3 Å². The van der Waals surface area contributed by atoms with Crippen molar-refractivity contribution in [3.05, 3.63) is 29.8 Å². The Bertz CT molecular complexity index is 768. The van der Waals surface area contributed by atoms with Gasteiger partial charge in [0.05, 0.1) is 12.6 Å². The predicted octanol–water partition coefficient (Wildman–Crippen LogP) is 3.07. The number of ether oxygens (including phenoxy) is 2. The molecule has 2 saturated heterocycles. The lowest BCUT2D eigenvalue weighted by atomic mass is 9.56. The average Bonchev–Trinajstić information content (AvgIpc) is 3.07. The fourth-order valence-electron chi connectivity index (χ4n) is 5.74. The summed E-state index contributed by atoms with van der Waals surface area (Å²) < 4.78 is 10.3. The molecule has 4 aliphatic rings. The van der Waals surface area contributed by atoms with E-state index in [4.69, 9.17) is 9.47 Å². The van der Waals surface area contributed by atoms with Crippen LogP contribution in [0.2, 0.25) is 0 Å². The molecule has 2 saturated carbocycles. The molecule has 0 atom stereocenters. The number of carbonyl (C=O) groups is 2. The maximum atomic E-state index is 12.8. The van der Waals surface area contributed by atoms with Gasteiger partial charge in [-0.3, -0.25) is 4.79 Å². The van der Waals surface area contributed by atoms with E-state index in [1.54, 1.807) is 7.11 Å². The number of cyclic esters (lactones) is 1. The lowest BCUT2D eigenvalue weighted by Gasteiger charge is -2.53. The standard InChI is InChI=1S/C22H28N2O4/c1-27-18-4-2-15(3-5-18)16-10-21(11-16)6-8-24(9-7-21)19(25)17-12-22(13-17)14-28-20(26)23-22/h2-5,16-17H,6-14H2,1H3,(H,23,26). The Balaban J connectivity index is 1.10. The summed E-state index contributed by atoms with van der Waals surface area (Å²) >= 11 is 0. The molecule has 0 bridgehead atoms. The molecule has 2 heterocycles. The van der Waals surface area contributed by atoms with E-state index in [1.807, 2.05) is 12.1 Å². The highest BCUT2D eigenvalue weighted by molar-refractivity contribution is 5.81. The van der Waals surface area contributed by atoms with Crippen LogP contribution in [0.25, 0.3) is 0 Å². The van der Waals surface area contributed by atoms with Gasteiger partial charge in [0.25, 0.3) is 0 Å². The Labute approximate surface area is 165 Å². The van der Waals surface area contributed by atoms with E-state index in [0.717, 1.165) is 44.5 Å². The molecule has 6 heteroatoms. The van der Waals surface area contributed by atoms with Crippen molar-refractivity contribution in [2.45, 2.75) is 50.0 Å². The van der Waals surface area contributed by atoms with Crippen LogP contribution in [0.3, 0.4) is 0 Å². The first kappa shape index (κ1) is 17.8. The van der Waals surface area contributed by atoms with Gasteiger partial charge >= 0.3 is 6.09 Å². The van der Waals surface area contributed by atoms with Crippen LogP contribution >= 0.6 is 0 Å². The summed E-state index contributed by atoms with van der Waals surface area (Å²) in [4.78, 5) is 26.1. The number of hydrogen-bond acceptors (Lipinski definition) is 4. The minimum absolute atomic E-state index is 0.0458. The van der Waals surface area contributed by atoms with Crippen LogP contribution in [0.1, 0.15) is 50.0 Å². The van der Waals surface area contributed by atoms with Crippen LogP contribution in [0.5, 0.6) is 5.75 Å². The summed E-state index contributed by atoms with van der Waals surface area (Å²) in [5.74, 6) is 1.87. The Morgan fingerprint density at radius 1 is 1.14 bits per heavy atom. The van der Waals surface area contributed by atoms with Crippen LogP contribution in [0.4, 0.5) is 4.79 Å². The molecule has 0 aromatic heterocycles. The topological polar surface area (TPSA) is 67.9 Å². The lowest BCUT2D eigenvalue weighted by molar-refractivity contribution is -0.144. The minimum Gasteiger partial charge on any atom is -0.497 e. The van der Waals surface area contributed by atoms with E-state index in [-0.39, 0.29) is 23.5 Å². The second-order valence-electron chi connectivity index (χ2n) is 9.29. The van der Waals surface area contributed by atoms with Crippen LogP contribution in [-0.2, 0) is 9.53 Å². The molecular formula is C22H28N2O4. The van der Waals surface area contributed by atoms with Gasteiger partial charge in [-0.05, 0) is 67.6 Å². The molecule has 1 N–H and O–H groups in total. The third kappa shape index (κ3) is 2.93. The molecule has 2 spiro atoms. The van der Waals surface area contributed by atoms with Gasteiger partial charge in [0.2, 0.25) is 5.91 Å². The molecule has 150 valence electrons. The van der Waals surface area contributed by atoms with Crippen LogP contribution < -0.4 is 10.1 Å². The molecule has 2 aliphatic carbocycles. The molecule has 28 heavy (non-hydrogen) atoms. The number of likely N-dealkylation sites (tertiary alicyclic amines) is 1. The van der Waals surface area contributed by atoms with E-state index in [9.17, 15) is 9.59 Å². The van der Waals surface area contributed by atoms with Gasteiger partial charge in [-0.25, -0.2) is 4.79 Å². The van der Waals surface area contributed by atoms with Crippen molar-refractivity contribution in [1.29, 1.82) is 0 Å². The highest BCUT2D eigenvalue weighted by Crippen LogP contribution is 2.57. The summed E-state index contributed by atoms with van der Waals surface area (Å²) in [6, 6.07) is 8.47. The van der Waals surface area contributed by atoms with Crippen molar-refractivity contribution < 1.29 is 19.1 Å². The van der Waals surface area contributed by atoms with Crippen LogP contribution in [-0.4, -0.2) is 49.2 Å². The number of piperidine rings is 1. The van der Waals surface area contributed by atoms with E-state index < -0.39 is 0 Å². The molecule has 1 aromatic rings. The van der Waals surface area contributed by atoms with Crippen molar-refractivity contribution in [1.82, 2.24) is 10.2 Å². The molecule has 6 nitrogen and oxygen atoms in total. The molecule has 0 unspecified atom stereocenters. The van der Waals surface area contributed by atoms with Gasteiger partial charge in [-0.2, -0.15) is 0 Å². The smallest absolute Gasteiger partial charge is 0.407 e. The Kier molecular flexibility index (Phi) is 4.07. The van der Waals surface area contributed by atoms with Crippen molar-refractivity contribution >= 4 is 12.0 Å². The van der Waals surface area contributed by atoms with Gasteiger partial charge in [0.1, 0.15) is 12.4 Å². The fraction of sp³-hybridized carbons (Fsp3) is 0.636. The molecular weight excluding hydrogens is 356 g/mol. The van der Waals surface area contributed by atoms with Gasteiger partial charge in [0.15, 0.2) is 0 Å². The van der Waals surface area contributed by atoms with E-state index in [0.29, 0.717) is 17.9 Å². The molecule has 0 radical (unpaired) electrons. The maximum Gasteiger partial charge on any atom is 0.407 e. The molecule has 5 rings (SSSR count). The Morgan fingerprint density at radius 2 is 1.82 bits per heavy atom. The maximum absolute atomic E-state index is 12.8. The van der Waals surface area contributed by atoms with E-state index >= 15 is 0 Å². The predicted molar refractivity (Wildman–Crippen MR) is 103 cm³/mol. The van der Waals surface area contributed by atoms with Gasteiger partial charge in [-0.1, -0.05) is 12.1 Å². The number of nitrogens with one attached hydrogen (secondary N) is 1. The first-order valence-electron chi connectivity index (χ1n) is 10.4. The number of nitrogens with zero attached hydrogens (tertiary/aromatic N) is 1. The quantitative estimate of drug-likeness (QED) is 0.870. The minimum atomic E-state index is -0.345. The van der Waals surface area contributed by atoms with Gasteiger partial charge in [-0.15, -0.1) is 0 Å². The summed E-state index contributed by atoms with van der Waals surface area (Å²) in [5, 5.41) is 2.87. The SMILES string of the molecule is COc1ccc(C2CC3(CCN(C(=O)C4CC5(COC(=O)N5)C4)CC3)C2)cc1. The van der Waals surface area contributed by atoms with Gasteiger partial charge < -0.3 is 19.7 Å². The highest BCUT2D eigenvalue weighted by atomic mass is 16.6. The van der Waals surface area contributed by atoms with Crippen LogP contribution in [0, 0.1) is 11.3 Å². The molecule has 4 fully saturated rings. The number of methoxy groups -OCH3 is 1. The largest absolute Gasteiger partial charge is 0.497 e. The zero-order valence-corrected chi connectivity index (χ0v) is 16.4. The van der Waals surface area contributed by atoms with Crippen molar-refractivity contribution in [2.24, 2.45) is 11.3 Å². The summed E-state index contributed by atoms with van der Waals surface area (Å²) in [6.07, 6.45) is 5.79. The number of benzene rings is 1. The number of hydrogen-bond donors (Lipinski definition) is 1. The first-order valence-corrected chi connectivity index (χ1v) is 10.4. The number of alkyl carbamates (subject to hydrolysis) is 1. The zero-order valence-electron chi connectivity index (χ0n) is 16.4. The zero-order chi connectivity index (χ0) is 19.4. The number of carbonyl (C=O) groups excluding carboxylic acids is 2. The Hall–Kier alpha value is -2.24. The summed E-state index contributed by atoms with van der Waals surface area (Å²) in [7, 11) is 1.70. The monoisotopic (exact) mass is 384 g/mol. The molecule has 2 amide bonds. The third-order valence-corrected chi connectivity index (χ3v) is 7.55. The Morgan fingerprint density at radius 3 is 2.39 bits per heavy atom. The second kappa shape index (κ2) is 6.39. The van der Waals surface area contributed by atoms with E-state index in [1.165, 1.54) is 18.4 Å². The third-order valence-electron chi connectivity index (χ3n) is 7.55. The summed E-state index contributed by atoms with van der Waals surface area (Å²) in [5.41, 5.74) is 1.56. The van der Waals surface area contributed by atoms with Crippen molar-refractivity contribution in [3.8, 4) is 5.75 Å². The second-order valence-corrected chi connectivity index (χ2v) is 9.29. The normalized spacial score (nSPS) is 27.7. The van der Waals surface area contributed by atoms with Gasteiger partial charge in [0, 0.05) is 19.0 Å². The molecule has 2 aliphatic heterocycles. The lowest BCUT2D eigenvalue weighted by Crippen LogP contribution is -2.59. The number of amides is 2. The van der Waals surface area contributed by atoms with Crippen molar-refractivity contribution in [2.75, 3.05) is 26.8 Å². The number of rotatable bonds is 3. The van der Waals surface area contributed by atoms with Crippen molar-refractivity contribution in [3.63, 3.8) is 0 Å². The summed E-state index contributed by atoms with van der Waals surface area (Å²) in [6.45, 7) is 2.16. The van der Waals surface area contributed by atoms with Crippen LogP contribution in [0.15, 0.2) is 24.3 Å². The average molecular weight is 384 g/mol. The fourth-order valence-corrected chi connectivity index (χ4v) is 5.74. The first-order chi connectivity index (χ1) is 13.5. The highest BCUT2D eigenvalue weighted by Gasteiger charge is 2.54. The molecule has 1 aromatic carbocycles.